The second kappa shape index (κ2) is 6.60. The molecule has 2 N–H and O–H groups in total. The van der Waals surface area contributed by atoms with Crippen molar-refractivity contribution in [3.05, 3.63) is 28.5 Å². The number of carbonyl (C=O) groups excluding carboxylic acids is 2. The molecule has 1 saturated carbocycles. The molecule has 0 bridgehead atoms. The molecule has 5 aliphatic rings. The molecule has 1 aliphatic carbocycles. The number of piperidine rings is 1. The summed E-state index contributed by atoms with van der Waals surface area (Å²) in [6, 6.07) is 4.12. The van der Waals surface area contributed by atoms with E-state index in [2.05, 4.69) is 18.7 Å². The zero-order chi connectivity index (χ0) is 24.4. The molecule has 0 radical (unpaired) electrons. The van der Waals surface area contributed by atoms with Crippen LogP contribution in [0.25, 0.3) is 0 Å². The summed E-state index contributed by atoms with van der Waals surface area (Å²) in [6.45, 7) is 9.51. The molecule has 6 rings (SSSR count). The lowest BCUT2D eigenvalue weighted by atomic mass is 9.60. The third kappa shape index (κ3) is 2.33. The summed E-state index contributed by atoms with van der Waals surface area (Å²) in [5.74, 6) is 0.283. The number of Topliss-reactive ketones (excluding diaryl/α,β-unsaturated/α-hetero) is 1. The van der Waals surface area contributed by atoms with Crippen LogP contribution in [-0.4, -0.2) is 59.1 Å². The molecule has 34 heavy (non-hydrogen) atoms. The van der Waals surface area contributed by atoms with Crippen LogP contribution in [0, 0.1) is 16.5 Å². The van der Waals surface area contributed by atoms with Crippen LogP contribution in [0.1, 0.15) is 75.7 Å². The second-order valence-electron chi connectivity index (χ2n) is 12.4. The predicted octanol–water partition coefficient (Wildman–Crippen LogP) is 2.07. The molecule has 1 spiro atoms. The first-order valence-electron chi connectivity index (χ1n) is 12.5. The molecule has 184 valence electrons. The number of ether oxygens (including phenoxy) is 1. The Morgan fingerprint density at radius 3 is 2.62 bits per heavy atom. The molecule has 4 aliphatic heterocycles. The fraction of sp³-hybridized carbons (Fsp3) is 0.692. The van der Waals surface area contributed by atoms with E-state index in [9.17, 15) is 20.0 Å². The van der Waals surface area contributed by atoms with E-state index in [1.54, 1.807) is 13.2 Å². The quantitative estimate of drug-likeness (QED) is 0.644. The zero-order valence-corrected chi connectivity index (χ0v) is 20.7. The fourth-order valence-corrected chi connectivity index (χ4v) is 8.72. The van der Waals surface area contributed by atoms with Gasteiger partial charge in [0.1, 0.15) is 11.3 Å². The average molecular weight is 470 g/mol. The molecule has 1 aromatic carbocycles. The number of rotatable bonds is 2. The minimum absolute atomic E-state index is 0.0263. The Balaban J connectivity index is 1.62. The predicted molar refractivity (Wildman–Crippen MR) is 125 cm³/mol. The largest absolute Gasteiger partial charge is 0.600 e. The highest BCUT2D eigenvalue weighted by atomic mass is 16.8. The average Bonchev–Trinajstić information content (AvgIpc) is 3.37. The summed E-state index contributed by atoms with van der Waals surface area (Å²) in [6.07, 6.45) is 3.48. The number of anilines is 1. The van der Waals surface area contributed by atoms with Crippen molar-refractivity contribution in [1.29, 1.82) is 0 Å². The molecular formula is C26H35N3O5. The number of hydroxylamine groups is 2. The summed E-state index contributed by atoms with van der Waals surface area (Å²) in [5, 5.41) is 23.0. The van der Waals surface area contributed by atoms with Crippen molar-refractivity contribution in [1.82, 2.24) is 4.90 Å². The lowest BCUT2D eigenvalue weighted by molar-refractivity contribution is -1.09. The van der Waals surface area contributed by atoms with Crippen LogP contribution in [-0.2, 0) is 10.2 Å². The highest BCUT2D eigenvalue weighted by Crippen LogP contribution is 2.69. The van der Waals surface area contributed by atoms with Gasteiger partial charge >= 0.3 is 0 Å². The van der Waals surface area contributed by atoms with Crippen LogP contribution in [0.5, 0.6) is 5.75 Å². The monoisotopic (exact) mass is 469 g/mol. The number of benzene rings is 1. The lowest BCUT2D eigenvalue weighted by Crippen LogP contribution is -3.16. The Morgan fingerprint density at radius 1 is 1.21 bits per heavy atom. The zero-order valence-electron chi connectivity index (χ0n) is 20.7. The van der Waals surface area contributed by atoms with Gasteiger partial charge in [-0.2, -0.15) is 0 Å². The van der Waals surface area contributed by atoms with Gasteiger partial charge in [0, 0.05) is 30.3 Å². The number of amides is 1. The topological polar surface area (TPSA) is 97.6 Å². The molecule has 8 heteroatoms. The number of nitrogens with one attached hydrogen (secondary N) is 1. The summed E-state index contributed by atoms with van der Waals surface area (Å²) in [5.41, 5.74) is -1.32. The van der Waals surface area contributed by atoms with Crippen molar-refractivity contribution in [3.8, 4) is 5.75 Å². The van der Waals surface area contributed by atoms with Crippen molar-refractivity contribution < 1.29 is 24.8 Å². The normalized spacial score (nSPS) is 38.1. The number of hydrogen-bond acceptors (Lipinski definition) is 6. The van der Waals surface area contributed by atoms with E-state index in [4.69, 9.17) is 4.74 Å². The van der Waals surface area contributed by atoms with Crippen LogP contribution < -0.4 is 14.9 Å². The number of methoxy groups -OCH3 is 1. The van der Waals surface area contributed by atoms with E-state index >= 15 is 0 Å². The third-order valence-corrected chi connectivity index (χ3v) is 10.2. The van der Waals surface area contributed by atoms with Gasteiger partial charge in [0.25, 0.3) is 0 Å². The van der Waals surface area contributed by atoms with Gasteiger partial charge in [0.2, 0.25) is 5.91 Å². The van der Waals surface area contributed by atoms with E-state index in [0.717, 1.165) is 31.4 Å². The molecule has 1 unspecified atom stereocenters. The first-order valence-corrected chi connectivity index (χ1v) is 12.5. The third-order valence-electron chi connectivity index (χ3n) is 10.2. The van der Waals surface area contributed by atoms with Crippen LogP contribution >= 0.6 is 0 Å². The van der Waals surface area contributed by atoms with Gasteiger partial charge in [0.15, 0.2) is 5.78 Å². The summed E-state index contributed by atoms with van der Waals surface area (Å²) in [4.78, 5) is 32.1. The number of nitrogens with zero attached hydrogens (tertiary/aromatic N) is 2. The van der Waals surface area contributed by atoms with Crippen LogP contribution in [0.2, 0.25) is 0 Å². The minimum atomic E-state index is -0.992. The van der Waals surface area contributed by atoms with E-state index in [-0.39, 0.29) is 30.4 Å². The SMILES string of the molecule is COc1ccc2c3c1C(=O)CC(C)(C)N3C(=O)[C@]21C[C@]2([NH+]([O-])O)CN3CCC[C@H]3C[C@@H]2C1(C)C. The first kappa shape index (κ1) is 22.5. The van der Waals surface area contributed by atoms with Crippen molar-refractivity contribution in [3.63, 3.8) is 0 Å². The highest BCUT2D eigenvalue weighted by Gasteiger charge is 2.77. The van der Waals surface area contributed by atoms with Gasteiger partial charge in [-0.3, -0.25) is 14.5 Å². The van der Waals surface area contributed by atoms with Crippen LogP contribution in [0.4, 0.5) is 5.69 Å². The van der Waals surface area contributed by atoms with Crippen molar-refractivity contribution >= 4 is 17.4 Å². The molecular weight excluding hydrogens is 434 g/mol. The minimum Gasteiger partial charge on any atom is -0.600 e. The maximum atomic E-state index is 14.7. The van der Waals surface area contributed by atoms with E-state index in [0.29, 0.717) is 29.6 Å². The molecule has 0 aromatic heterocycles. The maximum absolute atomic E-state index is 14.7. The van der Waals surface area contributed by atoms with Crippen LogP contribution in [0.15, 0.2) is 12.1 Å². The Labute approximate surface area is 200 Å². The van der Waals surface area contributed by atoms with Crippen LogP contribution in [0.3, 0.4) is 0 Å². The number of carbonyl (C=O) groups is 2. The van der Waals surface area contributed by atoms with Crippen molar-refractivity contribution in [2.45, 2.75) is 82.3 Å². The number of hydrogen-bond donors (Lipinski definition) is 2. The molecule has 3 fully saturated rings. The van der Waals surface area contributed by atoms with E-state index in [1.165, 1.54) is 0 Å². The molecule has 2 saturated heterocycles. The van der Waals surface area contributed by atoms with Gasteiger partial charge in [-0.1, -0.05) is 19.9 Å². The van der Waals surface area contributed by atoms with Crippen molar-refractivity contribution in [2.24, 2.45) is 11.3 Å². The Kier molecular flexibility index (Phi) is 4.36. The molecule has 1 aromatic rings. The standard InChI is InChI=1S/C26H35N3O5/c1-23(2)12-17(30)20-18(34-5)9-8-16-21(20)28(23)22(31)26(16)13-25(29(32)33)14-27-10-6-7-15(27)11-19(25)24(26,3)4/h8-9,15,19,29,32H,6-7,10-14H2,1-5H3/t15-,19+,25-,26-/m0/s1. The Morgan fingerprint density at radius 2 is 1.94 bits per heavy atom. The highest BCUT2D eigenvalue weighted by molar-refractivity contribution is 6.19. The molecule has 1 amide bonds. The fourth-order valence-electron chi connectivity index (χ4n) is 8.72. The summed E-state index contributed by atoms with van der Waals surface area (Å²) in [7, 11) is 1.54. The lowest BCUT2D eigenvalue weighted by Gasteiger charge is -2.50. The summed E-state index contributed by atoms with van der Waals surface area (Å²) >= 11 is 0. The number of quaternary nitrogens is 1. The Bertz CT molecular complexity index is 1110. The van der Waals surface area contributed by atoms with Gasteiger partial charge in [-0.05, 0) is 56.7 Å². The van der Waals surface area contributed by atoms with Gasteiger partial charge < -0.3 is 14.8 Å². The van der Waals surface area contributed by atoms with E-state index in [1.807, 2.05) is 24.8 Å². The first-order chi connectivity index (χ1) is 15.9. The maximum Gasteiger partial charge on any atom is 0.239 e. The Hall–Kier alpha value is -2.00. The van der Waals surface area contributed by atoms with Gasteiger partial charge in [-0.15, -0.1) is 0 Å². The van der Waals surface area contributed by atoms with Gasteiger partial charge in [0.05, 0.1) is 30.3 Å². The van der Waals surface area contributed by atoms with Gasteiger partial charge in [-0.25, -0.2) is 10.4 Å². The molecule has 4 heterocycles. The molecule has 8 nitrogen and oxygen atoms in total. The number of fused-ring (bicyclic) bond motifs is 3. The van der Waals surface area contributed by atoms with E-state index < -0.39 is 27.1 Å². The smallest absolute Gasteiger partial charge is 0.239 e. The molecule has 5 atom stereocenters. The number of ketones is 1. The second-order valence-corrected chi connectivity index (χ2v) is 12.4. The van der Waals surface area contributed by atoms with Crippen molar-refractivity contribution in [2.75, 3.05) is 25.1 Å². The summed E-state index contributed by atoms with van der Waals surface area (Å²) < 4.78 is 5.56.